The van der Waals surface area contributed by atoms with Gasteiger partial charge >= 0.3 is 12.1 Å². The van der Waals surface area contributed by atoms with Crippen molar-refractivity contribution in [1.29, 1.82) is 0 Å². The minimum atomic E-state index is -0.671. The fourth-order valence-corrected chi connectivity index (χ4v) is 3.77. The first-order valence-corrected chi connectivity index (χ1v) is 12.4. The molecule has 198 valence electrons. The van der Waals surface area contributed by atoms with Crippen molar-refractivity contribution in [1.82, 2.24) is 25.4 Å². The van der Waals surface area contributed by atoms with Crippen LogP contribution in [0.25, 0.3) is 0 Å². The van der Waals surface area contributed by atoms with Crippen LogP contribution in [0, 0.1) is 0 Å². The second kappa shape index (κ2) is 13.6. The van der Waals surface area contributed by atoms with Gasteiger partial charge < -0.3 is 24.7 Å². The molecular formula is C26H39N5O5. The van der Waals surface area contributed by atoms with Gasteiger partial charge in [0.05, 0.1) is 18.7 Å². The first-order chi connectivity index (χ1) is 17.0. The number of amides is 2. The number of nitrogens with one attached hydrogen (secondary N) is 2. The lowest BCUT2D eigenvalue weighted by Gasteiger charge is -2.24. The standard InChI is InChI=1S/C26H39N5O5/c1-7-9-15-20(28-25(34)36-26(4,5)6)23-29-30-24(31(23)17-22(33)35-8-2)21(27-18(3)32)16-19-13-11-10-12-14-19/h10-14,20-21H,7-9,15-17H2,1-6H3,(H,27,32)(H,28,34)/t20-,21+/m0/s1. The SMILES string of the molecule is CCCC[C@H](NC(=O)OC(C)(C)C)c1nnc([C@@H](Cc2ccccc2)NC(C)=O)n1CC(=O)OCC. The van der Waals surface area contributed by atoms with Crippen molar-refractivity contribution in [3.8, 4) is 0 Å². The monoisotopic (exact) mass is 501 g/mol. The number of esters is 1. The molecule has 1 aromatic carbocycles. The third-order valence-corrected chi connectivity index (χ3v) is 5.22. The fourth-order valence-electron chi connectivity index (χ4n) is 3.77. The maximum atomic E-state index is 12.6. The molecule has 0 saturated heterocycles. The van der Waals surface area contributed by atoms with E-state index in [9.17, 15) is 14.4 Å². The van der Waals surface area contributed by atoms with Gasteiger partial charge in [-0.1, -0.05) is 50.1 Å². The minimum absolute atomic E-state index is 0.158. The first-order valence-electron chi connectivity index (χ1n) is 12.4. The highest BCUT2D eigenvalue weighted by Gasteiger charge is 2.29. The van der Waals surface area contributed by atoms with Gasteiger partial charge in [-0.05, 0) is 46.1 Å². The Morgan fingerprint density at radius 1 is 1.00 bits per heavy atom. The molecule has 2 N–H and O–H groups in total. The van der Waals surface area contributed by atoms with Crippen LogP contribution in [0.5, 0.6) is 0 Å². The van der Waals surface area contributed by atoms with E-state index in [0.29, 0.717) is 24.5 Å². The highest BCUT2D eigenvalue weighted by atomic mass is 16.6. The molecule has 0 radical (unpaired) electrons. The van der Waals surface area contributed by atoms with E-state index in [2.05, 4.69) is 20.8 Å². The number of rotatable bonds is 12. The molecule has 2 amide bonds. The molecule has 0 spiro atoms. The Kier molecular flexibility index (Phi) is 10.9. The quantitative estimate of drug-likeness (QED) is 0.421. The van der Waals surface area contributed by atoms with Crippen molar-refractivity contribution in [2.75, 3.05) is 6.61 Å². The normalized spacial score (nSPS) is 12.9. The van der Waals surface area contributed by atoms with Gasteiger partial charge in [-0.3, -0.25) is 9.59 Å². The highest BCUT2D eigenvalue weighted by molar-refractivity contribution is 5.73. The van der Waals surface area contributed by atoms with Gasteiger partial charge in [0.15, 0.2) is 11.6 Å². The average Bonchev–Trinajstić information content (AvgIpc) is 3.18. The lowest BCUT2D eigenvalue weighted by Crippen LogP contribution is -2.37. The molecule has 10 heteroatoms. The van der Waals surface area contributed by atoms with Gasteiger partial charge in [-0.15, -0.1) is 10.2 Å². The van der Waals surface area contributed by atoms with E-state index in [1.807, 2.05) is 37.3 Å². The van der Waals surface area contributed by atoms with Gasteiger partial charge in [0.25, 0.3) is 0 Å². The molecular weight excluding hydrogens is 462 g/mol. The summed E-state index contributed by atoms with van der Waals surface area (Å²) in [5, 5.41) is 14.6. The van der Waals surface area contributed by atoms with Gasteiger partial charge in [0.1, 0.15) is 12.1 Å². The van der Waals surface area contributed by atoms with Crippen LogP contribution in [0.15, 0.2) is 30.3 Å². The van der Waals surface area contributed by atoms with Crippen LogP contribution >= 0.6 is 0 Å². The molecule has 0 fully saturated rings. The lowest BCUT2D eigenvalue weighted by atomic mass is 10.0. The van der Waals surface area contributed by atoms with Crippen molar-refractivity contribution in [3.05, 3.63) is 47.5 Å². The summed E-state index contributed by atoms with van der Waals surface area (Å²) in [7, 11) is 0. The number of carbonyl (C=O) groups is 3. The Balaban J connectivity index is 2.51. The maximum absolute atomic E-state index is 12.6. The number of aromatic nitrogens is 3. The van der Waals surface area contributed by atoms with Gasteiger partial charge in [-0.25, -0.2) is 4.79 Å². The number of nitrogens with zero attached hydrogens (tertiary/aromatic N) is 3. The molecule has 10 nitrogen and oxygen atoms in total. The molecule has 2 rings (SSSR count). The van der Waals surface area contributed by atoms with Gasteiger partial charge in [0.2, 0.25) is 5.91 Å². The van der Waals surface area contributed by atoms with Gasteiger partial charge in [0, 0.05) is 6.92 Å². The van der Waals surface area contributed by atoms with Crippen LogP contribution in [0.2, 0.25) is 0 Å². The molecule has 0 aliphatic rings. The molecule has 36 heavy (non-hydrogen) atoms. The predicted molar refractivity (Wildman–Crippen MR) is 135 cm³/mol. The summed E-state index contributed by atoms with van der Waals surface area (Å²) >= 11 is 0. The van der Waals surface area contributed by atoms with Crippen LogP contribution in [0.4, 0.5) is 4.79 Å². The molecule has 2 aromatic rings. The van der Waals surface area contributed by atoms with Crippen molar-refractivity contribution in [3.63, 3.8) is 0 Å². The fraction of sp³-hybridized carbons (Fsp3) is 0.577. The van der Waals surface area contributed by atoms with E-state index < -0.39 is 29.7 Å². The number of alkyl carbamates (subject to hydrolysis) is 1. The number of unbranched alkanes of at least 4 members (excludes halogenated alkanes) is 1. The Morgan fingerprint density at radius 3 is 2.19 bits per heavy atom. The predicted octanol–water partition coefficient (Wildman–Crippen LogP) is 4.02. The topological polar surface area (TPSA) is 124 Å². The van der Waals surface area contributed by atoms with E-state index in [0.717, 1.165) is 18.4 Å². The summed E-state index contributed by atoms with van der Waals surface area (Å²) in [5.74, 6) is 0.107. The second-order valence-corrected chi connectivity index (χ2v) is 9.59. The number of hydrogen-bond donors (Lipinski definition) is 2. The Bertz CT molecular complexity index is 1000. The van der Waals surface area contributed by atoms with Crippen molar-refractivity contribution in [2.45, 2.75) is 91.5 Å². The number of benzene rings is 1. The second-order valence-electron chi connectivity index (χ2n) is 9.59. The van der Waals surface area contributed by atoms with Crippen LogP contribution in [0.1, 0.15) is 90.1 Å². The first kappa shape index (κ1) is 28.8. The van der Waals surface area contributed by atoms with Crippen molar-refractivity contribution >= 4 is 18.0 Å². The third kappa shape index (κ3) is 9.31. The molecule has 0 aliphatic carbocycles. The highest BCUT2D eigenvalue weighted by Crippen LogP contribution is 2.25. The van der Waals surface area contributed by atoms with Crippen LogP contribution in [0.3, 0.4) is 0 Å². The van der Waals surface area contributed by atoms with Gasteiger partial charge in [-0.2, -0.15) is 0 Å². The van der Waals surface area contributed by atoms with Crippen LogP contribution < -0.4 is 10.6 Å². The minimum Gasteiger partial charge on any atom is -0.465 e. The molecule has 1 heterocycles. The number of hydrogen-bond acceptors (Lipinski definition) is 7. The average molecular weight is 502 g/mol. The molecule has 2 atom stereocenters. The van der Waals surface area contributed by atoms with Crippen LogP contribution in [-0.4, -0.2) is 44.9 Å². The Labute approximate surface area is 213 Å². The van der Waals surface area contributed by atoms with E-state index in [-0.39, 0.29) is 19.1 Å². The van der Waals surface area contributed by atoms with E-state index in [1.165, 1.54) is 6.92 Å². The molecule has 0 saturated carbocycles. The number of carbonyl (C=O) groups excluding carboxylic acids is 3. The molecule has 0 bridgehead atoms. The summed E-state index contributed by atoms with van der Waals surface area (Å²) in [6.45, 7) is 10.6. The zero-order valence-corrected chi connectivity index (χ0v) is 22.2. The molecule has 0 aliphatic heterocycles. The third-order valence-electron chi connectivity index (χ3n) is 5.22. The smallest absolute Gasteiger partial charge is 0.408 e. The van der Waals surface area contributed by atoms with E-state index >= 15 is 0 Å². The Hall–Kier alpha value is -3.43. The number of ether oxygens (including phenoxy) is 2. The summed E-state index contributed by atoms with van der Waals surface area (Å²) in [4.78, 5) is 37.3. The van der Waals surface area contributed by atoms with E-state index in [1.54, 1.807) is 32.3 Å². The van der Waals surface area contributed by atoms with Crippen molar-refractivity contribution < 1.29 is 23.9 Å². The summed E-state index contributed by atoms with van der Waals surface area (Å²) in [5.41, 5.74) is 0.313. The zero-order chi connectivity index (χ0) is 26.7. The largest absolute Gasteiger partial charge is 0.465 e. The summed E-state index contributed by atoms with van der Waals surface area (Å²) in [6.07, 6.45) is 2.13. The van der Waals surface area contributed by atoms with Crippen molar-refractivity contribution in [2.24, 2.45) is 0 Å². The zero-order valence-electron chi connectivity index (χ0n) is 22.2. The lowest BCUT2D eigenvalue weighted by molar-refractivity contribution is -0.143. The maximum Gasteiger partial charge on any atom is 0.408 e. The van der Waals surface area contributed by atoms with Crippen LogP contribution in [-0.2, 0) is 32.0 Å². The molecule has 0 unspecified atom stereocenters. The Morgan fingerprint density at radius 2 is 1.64 bits per heavy atom. The summed E-state index contributed by atoms with van der Waals surface area (Å²) in [6, 6.07) is 8.56. The molecule has 1 aromatic heterocycles. The summed E-state index contributed by atoms with van der Waals surface area (Å²) < 4.78 is 12.3. The van der Waals surface area contributed by atoms with E-state index in [4.69, 9.17) is 9.47 Å².